The zero-order valence-electron chi connectivity index (χ0n) is 14.2. The Morgan fingerprint density at radius 2 is 1.83 bits per heavy atom. The van der Waals surface area contributed by atoms with Gasteiger partial charge in [0.15, 0.2) is 6.10 Å². The number of carbonyl (C=O) groups is 3. The Labute approximate surface area is 145 Å². The largest absolute Gasteiger partial charge is 0.496 e. The predicted molar refractivity (Wildman–Crippen MR) is 89.3 cm³/mol. The van der Waals surface area contributed by atoms with Crippen LogP contribution < -0.4 is 15.4 Å². The molecule has 1 aromatic rings. The van der Waals surface area contributed by atoms with Crippen LogP contribution in [0, 0.1) is 0 Å². The fourth-order valence-electron chi connectivity index (χ4n) is 1.70. The minimum atomic E-state index is -1.17. The Morgan fingerprint density at radius 1 is 1.21 bits per heavy atom. The quantitative estimate of drug-likeness (QED) is 0.808. The molecule has 3 amide bonds. The molecule has 0 aliphatic rings. The van der Waals surface area contributed by atoms with Gasteiger partial charge >= 0.3 is 12.0 Å². The average Bonchev–Trinajstić information content (AvgIpc) is 2.44. The monoisotopic (exact) mass is 356 g/mol. The van der Waals surface area contributed by atoms with Crippen molar-refractivity contribution < 1.29 is 23.9 Å². The van der Waals surface area contributed by atoms with Crippen LogP contribution >= 0.6 is 11.6 Å². The summed E-state index contributed by atoms with van der Waals surface area (Å²) in [6, 6.07) is 3.78. The number of esters is 1. The van der Waals surface area contributed by atoms with Crippen molar-refractivity contribution in [1.82, 2.24) is 10.6 Å². The smallest absolute Gasteiger partial charge is 0.342 e. The first-order chi connectivity index (χ1) is 11.0. The van der Waals surface area contributed by atoms with Crippen LogP contribution in [0.5, 0.6) is 5.75 Å². The van der Waals surface area contributed by atoms with Gasteiger partial charge in [0, 0.05) is 10.6 Å². The molecule has 0 fully saturated rings. The third kappa shape index (κ3) is 6.08. The topological polar surface area (TPSA) is 93.7 Å². The lowest BCUT2D eigenvalue weighted by molar-refractivity contribution is -0.127. The highest BCUT2D eigenvalue weighted by Crippen LogP contribution is 2.23. The first-order valence-corrected chi connectivity index (χ1v) is 7.59. The highest BCUT2D eigenvalue weighted by Gasteiger charge is 2.24. The van der Waals surface area contributed by atoms with Crippen LogP contribution in [0.1, 0.15) is 38.1 Å². The standard InChI is InChI=1S/C16H21ClN2O5/c1-9(13(20)18-15(22)19-16(2,3)4)24-14(21)11-8-10(17)6-7-12(11)23-5/h6-9H,1-5H3,(H2,18,19,20,22)/t9-/m0/s1. The van der Waals surface area contributed by atoms with Crippen molar-refractivity contribution in [3.63, 3.8) is 0 Å². The van der Waals surface area contributed by atoms with Gasteiger partial charge in [0.1, 0.15) is 11.3 Å². The summed E-state index contributed by atoms with van der Waals surface area (Å²) in [7, 11) is 1.40. The second-order valence-corrected chi connectivity index (χ2v) is 6.52. The van der Waals surface area contributed by atoms with Crippen molar-refractivity contribution >= 4 is 29.5 Å². The Morgan fingerprint density at radius 3 is 2.38 bits per heavy atom. The Bertz CT molecular complexity index is 640. The number of ether oxygens (including phenoxy) is 2. The lowest BCUT2D eigenvalue weighted by Gasteiger charge is -2.21. The molecular weight excluding hydrogens is 336 g/mol. The van der Waals surface area contributed by atoms with E-state index >= 15 is 0 Å². The molecular formula is C16H21ClN2O5. The van der Waals surface area contributed by atoms with Gasteiger partial charge in [0.25, 0.3) is 5.91 Å². The number of carbonyl (C=O) groups excluding carboxylic acids is 3. The van der Waals surface area contributed by atoms with Gasteiger partial charge in [-0.2, -0.15) is 0 Å². The number of rotatable bonds is 4. The van der Waals surface area contributed by atoms with Gasteiger partial charge in [-0.25, -0.2) is 9.59 Å². The minimum Gasteiger partial charge on any atom is -0.496 e. The number of urea groups is 1. The van der Waals surface area contributed by atoms with E-state index in [1.54, 1.807) is 26.8 Å². The Balaban J connectivity index is 2.72. The number of benzene rings is 1. The lowest BCUT2D eigenvalue weighted by Crippen LogP contribution is -2.50. The number of methoxy groups -OCH3 is 1. The van der Waals surface area contributed by atoms with E-state index < -0.39 is 29.6 Å². The summed E-state index contributed by atoms with van der Waals surface area (Å²) >= 11 is 5.85. The van der Waals surface area contributed by atoms with Crippen molar-refractivity contribution in [2.24, 2.45) is 0 Å². The maximum atomic E-state index is 12.2. The highest BCUT2D eigenvalue weighted by atomic mass is 35.5. The summed E-state index contributed by atoms with van der Waals surface area (Å²) in [5, 5.41) is 5.00. The molecule has 1 rings (SSSR count). The number of imide groups is 1. The number of amides is 3. The van der Waals surface area contributed by atoms with Crippen LogP contribution in [0.4, 0.5) is 4.79 Å². The Kier molecular flexibility index (Phi) is 6.60. The third-order valence-corrected chi connectivity index (χ3v) is 2.99. The molecule has 1 atom stereocenters. The molecule has 0 aromatic heterocycles. The summed E-state index contributed by atoms with van der Waals surface area (Å²) in [6.07, 6.45) is -1.17. The van der Waals surface area contributed by atoms with Crippen molar-refractivity contribution in [2.45, 2.75) is 39.3 Å². The summed E-state index contributed by atoms with van der Waals surface area (Å²) in [6.45, 7) is 6.67. The van der Waals surface area contributed by atoms with E-state index in [0.29, 0.717) is 5.02 Å². The van der Waals surface area contributed by atoms with Crippen molar-refractivity contribution in [2.75, 3.05) is 7.11 Å². The molecule has 0 bridgehead atoms. The number of hydrogen-bond acceptors (Lipinski definition) is 5. The molecule has 7 nitrogen and oxygen atoms in total. The lowest BCUT2D eigenvalue weighted by atomic mass is 10.1. The van der Waals surface area contributed by atoms with Crippen molar-refractivity contribution in [3.05, 3.63) is 28.8 Å². The van der Waals surface area contributed by atoms with Gasteiger partial charge in [-0.15, -0.1) is 0 Å². The molecule has 24 heavy (non-hydrogen) atoms. The molecule has 0 aliphatic carbocycles. The molecule has 1 aromatic carbocycles. The van der Waals surface area contributed by atoms with E-state index in [9.17, 15) is 14.4 Å². The van der Waals surface area contributed by atoms with Crippen molar-refractivity contribution in [3.8, 4) is 5.75 Å². The average molecular weight is 357 g/mol. The van der Waals surface area contributed by atoms with Gasteiger partial charge in [-0.3, -0.25) is 10.1 Å². The SMILES string of the molecule is COc1ccc(Cl)cc1C(=O)O[C@@H](C)C(=O)NC(=O)NC(C)(C)C. The van der Waals surface area contributed by atoms with Gasteiger partial charge in [0.2, 0.25) is 0 Å². The van der Waals surface area contributed by atoms with Gasteiger partial charge < -0.3 is 14.8 Å². The second-order valence-electron chi connectivity index (χ2n) is 6.09. The van der Waals surface area contributed by atoms with E-state index in [0.717, 1.165) is 0 Å². The van der Waals surface area contributed by atoms with E-state index in [-0.39, 0.29) is 11.3 Å². The molecule has 8 heteroatoms. The van der Waals surface area contributed by atoms with Gasteiger partial charge in [0.05, 0.1) is 7.11 Å². The predicted octanol–water partition coefficient (Wildman–Crippen LogP) is 2.52. The zero-order valence-corrected chi connectivity index (χ0v) is 15.0. The maximum absolute atomic E-state index is 12.2. The summed E-state index contributed by atoms with van der Waals surface area (Å²) in [5.41, 5.74) is -0.415. The molecule has 0 spiro atoms. The third-order valence-electron chi connectivity index (χ3n) is 2.76. The van der Waals surface area contributed by atoms with Crippen molar-refractivity contribution in [1.29, 1.82) is 0 Å². The number of hydrogen-bond donors (Lipinski definition) is 2. The van der Waals surface area contributed by atoms with E-state index in [2.05, 4.69) is 10.6 Å². The highest BCUT2D eigenvalue weighted by molar-refractivity contribution is 6.31. The van der Waals surface area contributed by atoms with Gasteiger partial charge in [-0.05, 0) is 45.9 Å². The van der Waals surface area contributed by atoms with E-state index in [1.165, 1.54) is 26.2 Å². The molecule has 132 valence electrons. The zero-order chi connectivity index (χ0) is 18.5. The van der Waals surface area contributed by atoms with Crippen LogP contribution in [0.15, 0.2) is 18.2 Å². The van der Waals surface area contributed by atoms with Crippen LogP contribution in [0.25, 0.3) is 0 Å². The summed E-state index contributed by atoms with van der Waals surface area (Å²) in [5.74, 6) is -1.26. The fraction of sp³-hybridized carbons (Fsp3) is 0.438. The van der Waals surface area contributed by atoms with E-state index in [4.69, 9.17) is 21.1 Å². The van der Waals surface area contributed by atoms with Crippen LogP contribution in [0.2, 0.25) is 5.02 Å². The fourth-order valence-corrected chi connectivity index (χ4v) is 1.87. The first-order valence-electron chi connectivity index (χ1n) is 7.21. The number of halogens is 1. The molecule has 0 radical (unpaired) electrons. The normalized spacial score (nSPS) is 12.1. The maximum Gasteiger partial charge on any atom is 0.342 e. The van der Waals surface area contributed by atoms with E-state index in [1.807, 2.05) is 0 Å². The molecule has 0 saturated heterocycles. The van der Waals surface area contributed by atoms with Crippen LogP contribution in [-0.4, -0.2) is 36.7 Å². The first kappa shape index (κ1) is 19.8. The van der Waals surface area contributed by atoms with Gasteiger partial charge in [-0.1, -0.05) is 11.6 Å². The molecule has 2 N–H and O–H groups in total. The second kappa shape index (κ2) is 8.01. The van der Waals surface area contributed by atoms with Crippen LogP contribution in [0.3, 0.4) is 0 Å². The summed E-state index contributed by atoms with van der Waals surface area (Å²) < 4.78 is 10.1. The summed E-state index contributed by atoms with van der Waals surface area (Å²) in [4.78, 5) is 35.7. The Hall–Kier alpha value is -2.28. The molecule has 0 unspecified atom stereocenters. The minimum absolute atomic E-state index is 0.0868. The molecule has 0 saturated carbocycles. The molecule has 0 heterocycles. The number of nitrogens with one attached hydrogen (secondary N) is 2. The molecule has 0 aliphatic heterocycles. The van der Waals surface area contributed by atoms with Crippen LogP contribution in [-0.2, 0) is 9.53 Å².